The molecule has 102 valence electrons. The average molecular weight is 285 g/mol. The summed E-state index contributed by atoms with van der Waals surface area (Å²) in [4.78, 5) is 4.27. The number of amidine groups is 1. The Bertz CT molecular complexity index is 564. The van der Waals surface area contributed by atoms with Crippen molar-refractivity contribution in [1.29, 1.82) is 0 Å². The zero-order chi connectivity index (χ0) is 13.7. The summed E-state index contributed by atoms with van der Waals surface area (Å²) in [7, 11) is 0. The van der Waals surface area contributed by atoms with E-state index in [-0.39, 0.29) is 12.4 Å². The Labute approximate surface area is 113 Å². The molecule has 2 aliphatic heterocycles. The quantitative estimate of drug-likeness (QED) is 0.714. The molecular weight excluding hydrogens is 272 g/mol. The molecule has 1 atom stereocenters. The largest absolute Gasteiger partial charge is 0.447 e. The molecule has 3 rings (SSSR count). The molecule has 4 N–H and O–H groups in total. The van der Waals surface area contributed by atoms with Gasteiger partial charge in [-0.3, -0.25) is 0 Å². The number of rotatable bonds is 0. The summed E-state index contributed by atoms with van der Waals surface area (Å²) in [5, 5.41) is 0. The zero-order valence-corrected chi connectivity index (χ0v) is 10.8. The molecule has 0 aliphatic carbocycles. The first-order valence-corrected chi connectivity index (χ1v) is 6.83. The monoisotopic (exact) mass is 285 g/mol. The number of fused-ring (bicyclic) bond motifs is 2. The molecule has 19 heavy (non-hydrogen) atoms. The van der Waals surface area contributed by atoms with Gasteiger partial charge in [-0.2, -0.15) is 8.78 Å². The number of aliphatic imine (C=N–C) groups is 1. The molecule has 7 heteroatoms. The van der Waals surface area contributed by atoms with Crippen molar-refractivity contribution in [2.75, 3.05) is 18.0 Å². The summed E-state index contributed by atoms with van der Waals surface area (Å²) in [6.45, 7) is -0.655. The molecule has 2 heterocycles. The standard InChI is InChI=1S/C12H13F2N3OS/c13-12(14)6-17-10(16)18-11(12)3-4-19-9-2-1-7(15)5-8(9)11/h1-2,5H,3-4,6,15H2,(H2,16,17)/t11-/m1/s1. The van der Waals surface area contributed by atoms with Gasteiger partial charge in [-0.1, -0.05) is 0 Å². The fourth-order valence-electron chi connectivity index (χ4n) is 2.50. The van der Waals surface area contributed by atoms with Crippen LogP contribution in [0.25, 0.3) is 0 Å². The topological polar surface area (TPSA) is 73.6 Å². The smallest absolute Gasteiger partial charge is 0.310 e. The Morgan fingerprint density at radius 2 is 2.11 bits per heavy atom. The van der Waals surface area contributed by atoms with Crippen LogP contribution in [0.3, 0.4) is 0 Å². The number of ether oxygens (including phenoxy) is 1. The zero-order valence-electron chi connectivity index (χ0n) is 10.0. The summed E-state index contributed by atoms with van der Waals surface area (Å²) in [5.41, 5.74) is 10.3. The van der Waals surface area contributed by atoms with Crippen LogP contribution in [0.2, 0.25) is 0 Å². The molecule has 0 unspecified atom stereocenters. The second kappa shape index (κ2) is 4.00. The number of hydrogen-bond donors (Lipinski definition) is 2. The summed E-state index contributed by atoms with van der Waals surface area (Å²) in [6, 6.07) is 4.81. The third-order valence-corrected chi connectivity index (χ3v) is 4.53. The second-order valence-corrected chi connectivity index (χ2v) is 5.78. The number of benzene rings is 1. The Morgan fingerprint density at radius 1 is 1.32 bits per heavy atom. The average Bonchev–Trinajstić information content (AvgIpc) is 2.36. The normalized spacial score (nSPS) is 28.4. The molecule has 0 fully saturated rings. The number of alkyl halides is 2. The molecule has 0 saturated heterocycles. The lowest BCUT2D eigenvalue weighted by molar-refractivity contribution is -0.185. The van der Waals surface area contributed by atoms with Crippen molar-refractivity contribution in [3.63, 3.8) is 0 Å². The van der Waals surface area contributed by atoms with Crippen LogP contribution in [0.4, 0.5) is 14.5 Å². The molecule has 0 aromatic heterocycles. The van der Waals surface area contributed by atoms with Crippen molar-refractivity contribution in [1.82, 2.24) is 0 Å². The number of nitrogens with zero attached hydrogens (tertiary/aromatic N) is 1. The maximum atomic E-state index is 14.4. The van der Waals surface area contributed by atoms with E-state index in [4.69, 9.17) is 16.2 Å². The predicted octanol–water partition coefficient (Wildman–Crippen LogP) is 1.94. The lowest BCUT2D eigenvalue weighted by atomic mass is 9.83. The Morgan fingerprint density at radius 3 is 2.89 bits per heavy atom. The first-order valence-electron chi connectivity index (χ1n) is 5.84. The number of halogens is 2. The van der Waals surface area contributed by atoms with Crippen molar-refractivity contribution < 1.29 is 13.5 Å². The highest BCUT2D eigenvalue weighted by atomic mass is 32.2. The molecule has 1 aromatic rings. The third-order valence-electron chi connectivity index (χ3n) is 3.45. The molecule has 0 saturated carbocycles. The summed E-state index contributed by atoms with van der Waals surface area (Å²) in [5.74, 6) is -2.56. The van der Waals surface area contributed by atoms with Crippen LogP contribution in [0.5, 0.6) is 0 Å². The van der Waals surface area contributed by atoms with Gasteiger partial charge in [-0.25, -0.2) is 4.99 Å². The number of hydrogen-bond acceptors (Lipinski definition) is 5. The van der Waals surface area contributed by atoms with E-state index in [0.717, 1.165) is 4.90 Å². The van der Waals surface area contributed by atoms with Crippen molar-refractivity contribution in [2.24, 2.45) is 10.7 Å². The van der Waals surface area contributed by atoms with E-state index in [1.54, 1.807) is 18.2 Å². The molecule has 1 aromatic carbocycles. The van der Waals surface area contributed by atoms with Crippen LogP contribution < -0.4 is 11.5 Å². The number of nitrogen functional groups attached to an aromatic ring is 1. The number of thioether (sulfide) groups is 1. The minimum Gasteiger partial charge on any atom is -0.447 e. The molecular formula is C12H13F2N3OS. The van der Waals surface area contributed by atoms with E-state index in [9.17, 15) is 8.78 Å². The van der Waals surface area contributed by atoms with Crippen molar-refractivity contribution in [3.05, 3.63) is 23.8 Å². The maximum Gasteiger partial charge on any atom is 0.310 e. The number of anilines is 1. The van der Waals surface area contributed by atoms with Gasteiger partial charge in [0.1, 0.15) is 6.54 Å². The van der Waals surface area contributed by atoms with Gasteiger partial charge in [0.25, 0.3) is 6.02 Å². The minimum atomic E-state index is -3.10. The molecule has 4 nitrogen and oxygen atoms in total. The van der Waals surface area contributed by atoms with E-state index >= 15 is 0 Å². The van der Waals surface area contributed by atoms with Gasteiger partial charge in [-0.15, -0.1) is 11.8 Å². The van der Waals surface area contributed by atoms with Crippen molar-refractivity contribution in [3.8, 4) is 0 Å². The van der Waals surface area contributed by atoms with E-state index in [1.807, 2.05) is 0 Å². The van der Waals surface area contributed by atoms with E-state index in [2.05, 4.69) is 4.99 Å². The first-order chi connectivity index (χ1) is 8.95. The summed E-state index contributed by atoms with van der Waals surface area (Å²) >= 11 is 1.52. The molecule has 1 spiro atoms. The Balaban J connectivity index is 2.21. The molecule has 0 radical (unpaired) electrons. The Hall–Kier alpha value is -1.50. The molecule has 0 amide bonds. The van der Waals surface area contributed by atoms with Crippen LogP contribution in [0.15, 0.2) is 28.1 Å². The maximum absolute atomic E-state index is 14.4. The highest BCUT2D eigenvalue weighted by Crippen LogP contribution is 2.52. The predicted molar refractivity (Wildman–Crippen MR) is 70.4 cm³/mol. The SMILES string of the molecule is NC1=NCC(F)(F)[C@]2(CCSc3ccc(N)cc32)O1. The van der Waals surface area contributed by atoms with Crippen LogP contribution in [0.1, 0.15) is 12.0 Å². The number of nitrogens with two attached hydrogens (primary N) is 2. The summed E-state index contributed by atoms with van der Waals surface area (Å²) < 4.78 is 34.1. The van der Waals surface area contributed by atoms with Gasteiger partial charge in [0.2, 0.25) is 5.60 Å². The van der Waals surface area contributed by atoms with E-state index in [0.29, 0.717) is 17.0 Å². The second-order valence-electron chi connectivity index (χ2n) is 4.64. The van der Waals surface area contributed by atoms with Gasteiger partial charge < -0.3 is 16.2 Å². The first kappa shape index (κ1) is 12.5. The molecule has 0 bridgehead atoms. The Kier molecular flexibility index (Phi) is 2.63. The van der Waals surface area contributed by atoms with Gasteiger partial charge in [0, 0.05) is 28.3 Å². The highest BCUT2D eigenvalue weighted by Gasteiger charge is 2.61. The van der Waals surface area contributed by atoms with Gasteiger partial charge in [0.05, 0.1) is 0 Å². The van der Waals surface area contributed by atoms with Crippen molar-refractivity contribution in [2.45, 2.75) is 22.8 Å². The van der Waals surface area contributed by atoms with Gasteiger partial charge in [0.15, 0.2) is 0 Å². The van der Waals surface area contributed by atoms with Crippen LogP contribution >= 0.6 is 11.8 Å². The third kappa shape index (κ3) is 1.75. The highest BCUT2D eigenvalue weighted by molar-refractivity contribution is 7.99. The van der Waals surface area contributed by atoms with E-state index in [1.165, 1.54) is 11.8 Å². The lowest BCUT2D eigenvalue weighted by Crippen LogP contribution is -2.56. The van der Waals surface area contributed by atoms with Crippen LogP contribution in [-0.2, 0) is 10.3 Å². The fourth-order valence-corrected chi connectivity index (χ4v) is 3.66. The molecule has 2 aliphatic rings. The summed E-state index contributed by atoms with van der Waals surface area (Å²) in [6.07, 6.45) is 0.178. The fraction of sp³-hybridized carbons (Fsp3) is 0.417. The van der Waals surface area contributed by atoms with Gasteiger partial charge >= 0.3 is 5.92 Å². The van der Waals surface area contributed by atoms with Crippen LogP contribution in [-0.4, -0.2) is 24.2 Å². The lowest BCUT2D eigenvalue weighted by Gasteiger charge is -2.44. The van der Waals surface area contributed by atoms with Gasteiger partial charge in [-0.05, 0) is 18.2 Å². The van der Waals surface area contributed by atoms with Crippen LogP contribution in [0, 0.1) is 0 Å². The van der Waals surface area contributed by atoms with E-state index < -0.39 is 18.1 Å². The minimum absolute atomic E-state index is 0.178. The van der Waals surface area contributed by atoms with Crippen molar-refractivity contribution >= 4 is 23.5 Å².